The molecule has 1 N–H and O–H groups in total. The van der Waals surface area contributed by atoms with Crippen LogP contribution in [0.2, 0.25) is 0 Å². The number of nitro benzene ring substituents is 1. The molecule has 4 aliphatic rings. The number of nitrogens with zero attached hydrogens (tertiary/aromatic N) is 3. The van der Waals surface area contributed by atoms with Gasteiger partial charge in [0.05, 0.1) is 42.4 Å². The Kier molecular flexibility index (Phi) is 8.18. The summed E-state index contributed by atoms with van der Waals surface area (Å²) in [5.74, 6) is -7.51. The van der Waals surface area contributed by atoms with Gasteiger partial charge in [-0.3, -0.25) is 29.3 Å². The monoisotopic (exact) mass is 735 g/mol. The quantitative estimate of drug-likeness (QED) is 0.105. The summed E-state index contributed by atoms with van der Waals surface area (Å²) in [5.41, 5.74) is 0.708. The molecule has 7 rings (SSSR count). The van der Waals surface area contributed by atoms with Crippen molar-refractivity contribution in [2.24, 2.45) is 23.7 Å². The third-order valence-corrected chi connectivity index (χ3v) is 11.7. The first-order valence-corrected chi connectivity index (χ1v) is 16.5. The van der Waals surface area contributed by atoms with E-state index in [4.69, 9.17) is 32.7 Å². The molecule has 3 aromatic rings. The van der Waals surface area contributed by atoms with Crippen molar-refractivity contribution in [1.82, 2.24) is 0 Å². The second-order valence-electron chi connectivity index (χ2n) is 12.7. The number of carbonyl (C=O) groups excluding carboxylic acids is 4. The van der Waals surface area contributed by atoms with Crippen molar-refractivity contribution in [3.8, 4) is 17.2 Å². The minimum Gasteiger partial charge on any atom is -0.502 e. The van der Waals surface area contributed by atoms with Crippen LogP contribution >= 0.6 is 23.2 Å². The van der Waals surface area contributed by atoms with Gasteiger partial charge in [-0.1, -0.05) is 29.9 Å². The van der Waals surface area contributed by atoms with Crippen molar-refractivity contribution in [2.45, 2.75) is 22.6 Å². The molecule has 3 fully saturated rings. The number of hydrogen-bond donors (Lipinski definition) is 1. The standard InChI is InChI=1S/C36H28Cl2FN3O9/c1-50-27-14-18(15-28(51-2)30(27)43)6-13-26-23-11-12-24-29(32(45)40(31(24)44)21-4-3-5-22(16-21)42(48)49)25(23)17-35(37)33(46)41(34(47)36(26,35)38)20-9-7-19(39)8-10-20/h3-11,13-16,24-26,29,43H,12,17H2,1-2H3/t24-,25+,26-,29-,35+,36-/m0/s1. The van der Waals surface area contributed by atoms with Gasteiger partial charge >= 0.3 is 0 Å². The van der Waals surface area contributed by atoms with Gasteiger partial charge in [-0.05, 0) is 66.8 Å². The Morgan fingerprint density at radius 1 is 0.922 bits per heavy atom. The molecule has 1 saturated carbocycles. The molecule has 0 spiro atoms. The largest absolute Gasteiger partial charge is 0.502 e. The number of benzene rings is 3. The van der Waals surface area contributed by atoms with Gasteiger partial charge in [0, 0.05) is 18.1 Å². The van der Waals surface area contributed by atoms with Crippen LogP contribution in [0, 0.1) is 39.6 Å². The third kappa shape index (κ3) is 4.93. The number of non-ortho nitro benzene ring substituents is 1. The van der Waals surface area contributed by atoms with E-state index in [1.807, 2.05) is 0 Å². The van der Waals surface area contributed by atoms with E-state index in [1.165, 1.54) is 56.7 Å². The van der Waals surface area contributed by atoms with Crippen molar-refractivity contribution < 1.29 is 43.1 Å². The zero-order valence-corrected chi connectivity index (χ0v) is 28.4. The molecule has 2 heterocycles. The number of hydrogen-bond acceptors (Lipinski definition) is 9. The van der Waals surface area contributed by atoms with Gasteiger partial charge in [0.25, 0.3) is 17.5 Å². The number of fused-ring (bicyclic) bond motifs is 4. The minimum atomic E-state index is -2.15. The second kappa shape index (κ2) is 12.2. The number of alkyl halides is 2. The lowest BCUT2D eigenvalue weighted by Crippen LogP contribution is -2.60. The number of carbonyl (C=O) groups is 4. The van der Waals surface area contributed by atoms with Crippen LogP contribution in [0.3, 0.4) is 0 Å². The summed E-state index contributed by atoms with van der Waals surface area (Å²) in [6.45, 7) is 0. The summed E-state index contributed by atoms with van der Waals surface area (Å²) in [4.78, 5) is 65.2. The molecule has 2 aliphatic heterocycles. The first kappa shape index (κ1) is 34.2. The summed E-state index contributed by atoms with van der Waals surface area (Å²) >= 11 is 14.7. The Morgan fingerprint density at radius 2 is 1.59 bits per heavy atom. The first-order valence-electron chi connectivity index (χ1n) is 15.7. The van der Waals surface area contributed by atoms with E-state index in [2.05, 4.69) is 0 Å². The molecule has 4 amide bonds. The maximum absolute atomic E-state index is 14.4. The van der Waals surface area contributed by atoms with E-state index in [-0.39, 0.29) is 47.2 Å². The molecular formula is C36H28Cl2FN3O9. The van der Waals surface area contributed by atoms with Crippen molar-refractivity contribution in [1.29, 1.82) is 0 Å². The van der Waals surface area contributed by atoms with Crippen molar-refractivity contribution >= 4 is 70.0 Å². The molecule has 262 valence electrons. The van der Waals surface area contributed by atoms with Crippen LogP contribution in [0.25, 0.3) is 6.08 Å². The molecule has 2 aliphatic carbocycles. The van der Waals surface area contributed by atoms with E-state index in [9.17, 15) is 38.8 Å². The number of aromatic hydroxyl groups is 1. The first-order chi connectivity index (χ1) is 24.3. The summed E-state index contributed by atoms with van der Waals surface area (Å²) < 4.78 is 24.5. The van der Waals surface area contributed by atoms with Crippen LogP contribution < -0.4 is 19.3 Å². The molecule has 15 heteroatoms. The predicted octanol–water partition coefficient (Wildman–Crippen LogP) is 5.77. The molecule has 6 atom stereocenters. The average molecular weight is 737 g/mol. The second-order valence-corrected chi connectivity index (χ2v) is 14.0. The lowest BCUT2D eigenvalue weighted by Gasteiger charge is -2.49. The molecule has 0 unspecified atom stereocenters. The Hall–Kier alpha value is -5.27. The lowest BCUT2D eigenvalue weighted by atomic mass is 9.57. The summed E-state index contributed by atoms with van der Waals surface area (Å²) in [7, 11) is 2.71. The molecular weight excluding hydrogens is 708 g/mol. The molecule has 2 saturated heterocycles. The highest BCUT2D eigenvalue weighted by molar-refractivity contribution is 6.58. The topological polar surface area (TPSA) is 157 Å². The predicted molar refractivity (Wildman–Crippen MR) is 183 cm³/mol. The molecule has 0 aromatic heterocycles. The zero-order valence-electron chi connectivity index (χ0n) is 26.9. The van der Waals surface area contributed by atoms with Gasteiger partial charge < -0.3 is 14.6 Å². The number of halogens is 3. The number of nitro groups is 1. The smallest absolute Gasteiger partial charge is 0.271 e. The van der Waals surface area contributed by atoms with Crippen molar-refractivity contribution in [3.63, 3.8) is 0 Å². The van der Waals surface area contributed by atoms with Crippen LogP contribution in [0.4, 0.5) is 21.5 Å². The third-order valence-electron chi connectivity index (χ3n) is 10.2. The highest BCUT2D eigenvalue weighted by Gasteiger charge is 2.76. The molecule has 12 nitrogen and oxygen atoms in total. The van der Waals surface area contributed by atoms with Crippen LogP contribution in [-0.4, -0.2) is 57.6 Å². The molecule has 51 heavy (non-hydrogen) atoms. The Labute approximate surface area is 299 Å². The fourth-order valence-corrected chi connectivity index (χ4v) is 8.75. The van der Waals surface area contributed by atoms with E-state index in [0.29, 0.717) is 11.1 Å². The molecule has 0 bridgehead atoms. The number of allylic oxidation sites excluding steroid dienone is 3. The van der Waals surface area contributed by atoms with Gasteiger partial charge in [0.2, 0.25) is 17.6 Å². The zero-order chi connectivity index (χ0) is 36.6. The van der Waals surface area contributed by atoms with E-state index in [1.54, 1.807) is 18.2 Å². The summed E-state index contributed by atoms with van der Waals surface area (Å²) in [6, 6.07) is 12.9. The fraction of sp³-hybridized carbons (Fsp3) is 0.278. The van der Waals surface area contributed by atoms with Crippen LogP contribution in [0.5, 0.6) is 17.2 Å². The summed E-state index contributed by atoms with van der Waals surface area (Å²) in [5, 5.41) is 22.0. The number of phenolic OH excluding ortho intramolecular Hbond substituents is 1. The van der Waals surface area contributed by atoms with E-state index >= 15 is 0 Å². The average Bonchev–Trinajstić information content (AvgIpc) is 3.46. The normalized spacial score (nSPS) is 28.5. The van der Waals surface area contributed by atoms with Crippen LogP contribution in [0.15, 0.2) is 78.4 Å². The van der Waals surface area contributed by atoms with Gasteiger partial charge in [0.1, 0.15) is 5.82 Å². The van der Waals surface area contributed by atoms with Gasteiger partial charge in [-0.15, -0.1) is 23.2 Å². The van der Waals surface area contributed by atoms with Gasteiger partial charge in [-0.25, -0.2) is 14.2 Å². The highest BCUT2D eigenvalue weighted by atomic mass is 35.5. The van der Waals surface area contributed by atoms with E-state index in [0.717, 1.165) is 28.0 Å². The minimum absolute atomic E-state index is 0.0273. The van der Waals surface area contributed by atoms with Gasteiger partial charge in [-0.2, -0.15) is 0 Å². The molecule has 0 radical (unpaired) electrons. The number of ether oxygens (including phenoxy) is 2. The van der Waals surface area contributed by atoms with Crippen LogP contribution in [0.1, 0.15) is 18.4 Å². The number of methoxy groups -OCH3 is 2. The number of phenols is 1. The fourth-order valence-electron chi connectivity index (χ4n) is 7.86. The van der Waals surface area contributed by atoms with Crippen molar-refractivity contribution in [2.75, 3.05) is 24.0 Å². The summed E-state index contributed by atoms with van der Waals surface area (Å²) in [6.07, 6.45) is 4.66. The Morgan fingerprint density at radius 3 is 2.22 bits per heavy atom. The maximum atomic E-state index is 14.4. The SMILES string of the molecule is COc1cc(C=C[C@H]2C3=CC[C@@H]4C(=O)N(c5cccc([N+](=O)[O-])c5)C(=O)[C@@H]4[C@@H]3C[C@@]3(Cl)C(=O)N(c4ccc(F)cc4)C(=O)[C@@]23Cl)cc(OC)c1O. The Balaban J connectivity index is 1.36. The molecule has 3 aromatic carbocycles. The number of rotatable bonds is 7. The Bertz CT molecular complexity index is 2080. The number of amides is 4. The van der Waals surface area contributed by atoms with Gasteiger partial charge in [0.15, 0.2) is 21.2 Å². The maximum Gasteiger partial charge on any atom is 0.271 e. The highest BCUT2D eigenvalue weighted by Crippen LogP contribution is 2.63. The van der Waals surface area contributed by atoms with E-state index < -0.39 is 67.8 Å². The van der Waals surface area contributed by atoms with Crippen molar-refractivity contribution in [3.05, 3.63) is 99.9 Å². The number of imide groups is 2. The van der Waals surface area contributed by atoms with Crippen LogP contribution in [-0.2, 0) is 19.2 Å². The number of anilines is 2. The lowest BCUT2D eigenvalue weighted by molar-refractivity contribution is -0.384.